The van der Waals surface area contributed by atoms with E-state index in [0.29, 0.717) is 0 Å². The van der Waals surface area contributed by atoms with E-state index in [0.717, 1.165) is 72.5 Å². The zero-order valence-corrected chi connectivity index (χ0v) is 30.4. The van der Waals surface area contributed by atoms with Gasteiger partial charge >= 0.3 is 0 Å². The smallest absolute Gasteiger partial charge is 0.0963 e. The lowest BCUT2D eigenvalue weighted by atomic mass is 9.99. The molecule has 4 heterocycles. The van der Waals surface area contributed by atoms with Gasteiger partial charge in [0.2, 0.25) is 0 Å². The molecule has 262 valence electrons. The van der Waals surface area contributed by atoms with Crippen molar-refractivity contribution in [1.29, 1.82) is 0 Å². The van der Waals surface area contributed by atoms with Gasteiger partial charge in [0.25, 0.3) is 0 Å². The molecule has 0 spiro atoms. The van der Waals surface area contributed by atoms with E-state index >= 15 is 0 Å². The average molecular weight is 715 g/mol. The van der Waals surface area contributed by atoms with Gasteiger partial charge in [-0.15, -0.1) is 0 Å². The molecule has 7 aromatic carbocycles. The Balaban J connectivity index is 1.08. The van der Waals surface area contributed by atoms with Gasteiger partial charge in [0, 0.05) is 50.4 Å². The van der Waals surface area contributed by atoms with Crippen LogP contribution >= 0.6 is 0 Å². The second kappa shape index (κ2) is 13.1. The highest BCUT2D eigenvalue weighted by Crippen LogP contribution is 2.41. The standard InChI is InChI=1S/C52H34N4/c1-4-14-36(15-5-1)46-33-39(34-47(54-46)37-16-6-2-7-17-37)35-25-28-41(29-26-35)56-48-23-11-10-20-43(48)44-22-12-21-42(52(44)56)38-27-30-49-45(32-38)51-50(24-13-31-53-51)55(49)40-18-8-3-9-19-40/h1-34H. The Morgan fingerprint density at radius 2 is 0.929 bits per heavy atom. The molecule has 0 radical (unpaired) electrons. The highest BCUT2D eigenvalue weighted by atomic mass is 15.0. The van der Waals surface area contributed by atoms with E-state index in [9.17, 15) is 0 Å². The number of fused-ring (bicyclic) bond motifs is 6. The molecule has 0 saturated heterocycles. The molecule has 4 heteroatoms. The highest BCUT2D eigenvalue weighted by Gasteiger charge is 2.19. The van der Waals surface area contributed by atoms with Crippen LogP contribution in [0, 0.1) is 0 Å². The molecule has 4 nitrogen and oxygen atoms in total. The van der Waals surface area contributed by atoms with Crippen LogP contribution in [-0.2, 0) is 0 Å². The monoisotopic (exact) mass is 714 g/mol. The Hall–Kier alpha value is -7.56. The van der Waals surface area contributed by atoms with Crippen LogP contribution in [0.25, 0.3) is 99.9 Å². The topological polar surface area (TPSA) is 35.6 Å². The van der Waals surface area contributed by atoms with E-state index in [1.807, 2.05) is 24.4 Å². The number of hydrogen-bond donors (Lipinski definition) is 0. The molecule has 0 unspecified atom stereocenters. The van der Waals surface area contributed by atoms with E-state index in [2.05, 4.69) is 191 Å². The van der Waals surface area contributed by atoms with Gasteiger partial charge in [0.1, 0.15) is 0 Å². The van der Waals surface area contributed by atoms with Crippen molar-refractivity contribution in [3.8, 4) is 56.1 Å². The summed E-state index contributed by atoms with van der Waals surface area (Å²) in [5.74, 6) is 0. The minimum atomic E-state index is 0.956. The summed E-state index contributed by atoms with van der Waals surface area (Å²) in [4.78, 5) is 10.0. The van der Waals surface area contributed by atoms with Crippen molar-refractivity contribution in [2.24, 2.45) is 0 Å². The maximum Gasteiger partial charge on any atom is 0.0963 e. The van der Waals surface area contributed by atoms with Crippen molar-refractivity contribution >= 4 is 43.7 Å². The Kier molecular flexibility index (Phi) is 7.46. The van der Waals surface area contributed by atoms with Crippen LogP contribution in [0.2, 0.25) is 0 Å². The van der Waals surface area contributed by atoms with Crippen LogP contribution in [0.1, 0.15) is 0 Å². The first-order chi connectivity index (χ1) is 27.8. The van der Waals surface area contributed by atoms with Crippen LogP contribution in [0.15, 0.2) is 206 Å². The maximum absolute atomic E-state index is 5.11. The van der Waals surface area contributed by atoms with Crippen LogP contribution in [-0.4, -0.2) is 19.1 Å². The van der Waals surface area contributed by atoms with Crippen LogP contribution in [0.4, 0.5) is 0 Å². The number of pyridine rings is 2. The van der Waals surface area contributed by atoms with Gasteiger partial charge in [-0.05, 0) is 83.4 Å². The number of hydrogen-bond acceptors (Lipinski definition) is 2. The molecule has 0 saturated carbocycles. The lowest BCUT2D eigenvalue weighted by Gasteiger charge is -2.14. The first kappa shape index (κ1) is 31.9. The second-order valence-corrected chi connectivity index (χ2v) is 14.2. The summed E-state index contributed by atoms with van der Waals surface area (Å²) in [5.41, 5.74) is 16.5. The Labute approximate surface area is 324 Å². The van der Waals surface area contributed by atoms with E-state index in [-0.39, 0.29) is 0 Å². The third-order valence-corrected chi connectivity index (χ3v) is 11.0. The van der Waals surface area contributed by atoms with Gasteiger partial charge in [-0.2, -0.15) is 0 Å². The quantitative estimate of drug-likeness (QED) is 0.172. The predicted octanol–water partition coefficient (Wildman–Crippen LogP) is 13.3. The van der Waals surface area contributed by atoms with Gasteiger partial charge in [0.15, 0.2) is 0 Å². The summed E-state index contributed by atoms with van der Waals surface area (Å²) in [5, 5.41) is 3.58. The van der Waals surface area contributed by atoms with Crippen molar-refractivity contribution in [3.63, 3.8) is 0 Å². The molecule has 4 aromatic heterocycles. The minimum Gasteiger partial charge on any atom is -0.309 e. The number of nitrogens with zero attached hydrogens (tertiary/aromatic N) is 4. The fraction of sp³-hybridized carbons (Fsp3) is 0. The largest absolute Gasteiger partial charge is 0.309 e. The van der Waals surface area contributed by atoms with Crippen molar-refractivity contribution in [2.45, 2.75) is 0 Å². The Morgan fingerprint density at radius 1 is 0.339 bits per heavy atom. The van der Waals surface area contributed by atoms with Gasteiger partial charge in [-0.1, -0.05) is 133 Å². The molecule has 0 bridgehead atoms. The number of aromatic nitrogens is 4. The highest BCUT2D eigenvalue weighted by molar-refractivity contribution is 6.15. The van der Waals surface area contributed by atoms with Crippen molar-refractivity contribution < 1.29 is 0 Å². The third kappa shape index (κ3) is 5.23. The fourth-order valence-electron chi connectivity index (χ4n) is 8.39. The third-order valence-electron chi connectivity index (χ3n) is 11.0. The van der Waals surface area contributed by atoms with Crippen molar-refractivity contribution in [3.05, 3.63) is 206 Å². The van der Waals surface area contributed by atoms with Crippen LogP contribution < -0.4 is 0 Å². The summed E-state index contributed by atoms with van der Waals surface area (Å²) in [6, 6.07) is 71.3. The lowest BCUT2D eigenvalue weighted by molar-refractivity contribution is 1.17. The van der Waals surface area contributed by atoms with E-state index in [1.165, 1.54) is 27.4 Å². The zero-order chi connectivity index (χ0) is 37.0. The molecule has 11 rings (SSSR count). The van der Waals surface area contributed by atoms with Crippen LogP contribution in [0.3, 0.4) is 0 Å². The van der Waals surface area contributed by atoms with Gasteiger partial charge in [0.05, 0.1) is 39.0 Å². The second-order valence-electron chi connectivity index (χ2n) is 14.2. The zero-order valence-electron chi connectivity index (χ0n) is 30.4. The van der Waals surface area contributed by atoms with Gasteiger partial charge in [-0.25, -0.2) is 4.98 Å². The summed E-state index contributed by atoms with van der Waals surface area (Å²) in [7, 11) is 0. The Morgan fingerprint density at radius 3 is 1.66 bits per heavy atom. The molecule has 11 aromatic rings. The number of para-hydroxylation sites is 3. The molecule has 56 heavy (non-hydrogen) atoms. The van der Waals surface area contributed by atoms with Crippen molar-refractivity contribution in [2.75, 3.05) is 0 Å². The summed E-state index contributed by atoms with van der Waals surface area (Å²) >= 11 is 0. The number of rotatable bonds is 6. The van der Waals surface area contributed by atoms with Crippen molar-refractivity contribution in [1.82, 2.24) is 19.1 Å². The molecule has 0 aliphatic heterocycles. The van der Waals surface area contributed by atoms with E-state index in [4.69, 9.17) is 9.97 Å². The first-order valence-electron chi connectivity index (χ1n) is 19.0. The summed E-state index contributed by atoms with van der Waals surface area (Å²) < 4.78 is 4.74. The molecule has 0 amide bonds. The van der Waals surface area contributed by atoms with Gasteiger partial charge < -0.3 is 9.13 Å². The van der Waals surface area contributed by atoms with Crippen LogP contribution in [0.5, 0.6) is 0 Å². The molecule has 0 fully saturated rings. The summed E-state index contributed by atoms with van der Waals surface area (Å²) in [6.45, 7) is 0. The fourth-order valence-corrected chi connectivity index (χ4v) is 8.39. The van der Waals surface area contributed by atoms with E-state index in [1.54, 1.807) is 0 Å². The predicted molar refractivity (Wildman–Crippen MR) is 232 cm³/mol. The number of benzene rings is 7. The molecular formula is C52H34N4. The average Bonchev–Trinajstić information content (AvgIpc) is 3.80. The minimum absolute atomic E-state index is 0.956. The normalized spacial score (nSPS) is 11.6. The molecule has 0 atom stereocenters. The SMILES string of the molecule is c1ccc(-c2cc(-c3ccc(-n4c5ccccc5c5cccc(-c6ccc7c(c6)c6ncccc6n7-c6ccccc6)c54)cc3)cc(-c3ccccc3)n2)cc1. The summed E-state index contributed by atoms with van der Waals surface area (Å²) in [6.07, 6.45) is 1.89. The maximum atomic E-state index is 5.11. The molecule has 0 aliphatic carbocycles. The molecule has 0 N–H and O–H groups in total. The Bertz CT molecular complexity index is 3160. The van der Waals surface area contributed by atoms with E-state index < -0.39 is 0 Å². The lowest BCUT2D eigenvalue weighted by Crippen LogP contribution is -1.96. The van der Waals surface area contributed by atoms with Gasteiger partial charge in [-0.3, -0.25) is 4.98 Å². The molecular weight excluding hydrogens is 681 g/mol. The molecule has 0 aliphatic rings. The first-order valence-corrected chi connectivity index (χ1v) is 19.0.